The first-order valence-corrected chi connectivity index (χ1v) is 8.89. The molecule has 23 heavy (non-hydrogen) atoms. The highest BCUT2D eigenvalue weighted by molar-refractivity contribution is 5.76. The number of benzene rings is 1. The van der Waals surface area contributed by atoms with E-state index < -0.39 is 0 Å². The quantitative estimate of drug-likeness (QED) is 0.837. The molecule has 0 bridgehead atoms. The predicted molar refractivity (Wildman–Crippen MR) is 91.4 cm³/mol. The molecule has 4 nitrogen and oxygen atoms in total. The van der Waals surface area contributed by atoms with Gasteiger partial charge in [0.2, 0.25) is 5.91 Å². The Hall–Kier alpha value is -1.39. The first-order valence-electron chi connectivity index (χ1n) is 8.89. The van der Waals surface area contributed by atoms with Crippen LogP contribution in [0.25, 0.3) is 0 Å². The van der Waals surface area contributed by atoms with E-state index in [0.717, 1.165) is 52.1 Å². The van der Waals surface area contributed by atoms with Crippen LogP contribution in [0.5, 0.6) is 0 Å². The summed E-state index contributed by atoms with van der Waals surface area (Å²) in [4.78, 5) is 17.0. The van der Waals surface area contributed by atoms with E-state index in [4.69, 9.17) is 4.74 Å². The SMILES string of the molecule is CN(C(=O)CCCN1CCOCC1)[C@H]1CCCc2ccccc21. The van der Waals surface area contributed by atoms with Crippen LogP contribution in [0.3, 0.4) is 0 Å². The van der Waals surface area contributed by atoms with Gasteiger partial charge < -0.3 is 9.64 Å². The van der Waals surface area contributed by atoms with E-state index in [0.29, 0.717) is 6.42 Å². The highest BCUT2D eigenvalue weighted by atomic mass is 16.5. The first-order chi connectivity index (χ1) is 11.3. The van der Waals surface area contributed by atoms with Gasteiger partial charge in [-0.3, -0.25) is 9.69 Å². The zero-order valence-corrected chi connectivity index (χ0v) is 14.2. The Kier molecular flexibility index (Phi) is 5.68. The fourth-order valence-electron chi connectivity index (χ4n) is 3.76. The standard InChI is InChI=1S/C19H28N2O2/c1-20(18-9-4-7-16-6-2-3-8-17(16)18)19(22)10-5-11-21-12-14-23-15-13-21/h2-3,6,8,18H,4-5,7,9-15H2,1H3/t18-/m0/s1. The number of nitrogens with zero attached hydrogens (tertiary/aromatic N) is 2. The highest BCUT2D eigenvalue weighted by Crippen LogP contribution is 2.33. The Labute approximate surface area is 139 Å². The number of morpholine rings is 1. The second kappa shape index (κ2) is 7.93. The molecular formula is C19H28N2O2. The van der Waals surface area contributed by atoms with Gasteiger partial charge >= 0.3 is 0 Å². The van der Waals surface area contributed by atoms with Crippen molar-refractivity contribution in [1.82, 2.24) is 9.80 Å². The van der Waals surface area contributed by atoms with Crippen LogP contribution >= 0.6 is 0 Å². The number of aryl methyl sites for hydroxylation is 1. The summed E-state index contributed by atoms with van der Waals surface area (Å²) in [7, 11) is 1.98. The third-order valence-corrected chi connectivity index (χ3v) is 5.17. The monoisotopic (exact) mass is 316 g/mol. The summed E-state index contributed by atoms with van der Waals surface area (Å²) in [6.45, 7) is 4.66. The van der Waals surface area contributed by atoms with E-state index in [1.807, 2.05) is 11.9 Å². The molecule has 1 aliphatic heterocycles. The number of carbonyl (C=O) groups is 1. The normalized spacial score (nSPS) is 21.7. The number of rotatable bonds is 5. The van der Waals surface area contributed by atoms with Gasteiger partial charge in [0.25, 0.3) is 0 Å². The van der Waals surface area contributed by atoms with E-state index in [1.165, 1.54) is 17.5 Å². The van der Waals surface area contributed by atoms with E-state index in [2.05, 4.69) is 29.2 Å². The summed E-state index contributed by atoms with van der Waals surface area (Å²) in [5.74, 6) is 0.278. The van der Waals surface area contributed by atoms with Crippen LogP contribution in [-0.4, -0.2) is 55.6 Å². The van der Waals surface area contributed by atoms with Gasteiger partial charge in [0.05, 0.1) is 19.3 Å². The molecule has 0 unspecified atom stereocenters. The maximum atomic E-state index is 12.6. The number of fused-ring (bicyclic) bond motifs is 1. The molecule has 1 saturated heterocycles. The number of carbonyl (C=O) groups excluding carboxylic acids is 1. The van der Waals surface area contributed by atoms with Gasteiger partial charge in [-0.05, 0) is 43.4 Å². The minimum atomic E-state index is 0.260. The second-order valence-corrected chi connectivity index (χ2v) is 6.67. The molecule has 2 aliphatic rings. The van der Waals surface area contributed by atoms with E-state index in [9.17, 15) is 4.79 Å². The van der Waals surface area contributed by atoms with E-state index >= 15 is 0 Å². The Morgan fingerprint density at radius 2 is 2.09 bits per heavy atom. The maximum absolute atomic E-state index is 12.6. The lowest BCUT2D eigenvalue weighted by molar-refractivity contribution is -0.132. The van der Waals surface area contributed by atoms with E-state index in [1.54, 1.807) is 0 Å². The minimum Gasteiger partial charge on any atom is -0.379 e. The van der Waals surface area contributed by atoms with Crippen LogP contribution in [0.1, 0.15) is 42.9 Å². The molecule has 1 fully saturated rings. The first kappa shape index (κ1) is 16.5. The fraction of sp³-hybridized carbons (Fsp3) is 0.632. The maximum Gasteiger partial charge on any atom is 0.222 e. The van der Waals surface area contributed by atoms with Crippen molar-refractivity contribution < 1.29 is 9.53 Å². The number of hydrogen-bond donors (Lipinski definition) is 0. The summed E-state index contributed by atoms with van der Waals surface area (Å²) in [6, 6.07) is 8.85. The number of hydrogen-bond acceptors (Lipinski definition) is 3. The molecular weight excluding hydrogens is 288 g/mol. The molecule has 1 heterocycles. The van der Waals surface area contributed by atoms with Gasteiger partial charge in [-0.25, -0.2) is 0 Å². The molecule has 1 atom stereocenters. The Balaban J connectivity index is 1.51. The summed E-state index contributed by atoms with van der Waals surface area (Å²) >= 11 is 0. The van der Waals surface area contributed by atoms with Gasteiger partial charge in [0.15, 0.2) is 0 Å². The molecule has 0 N–H and O–H groups in total. The van der Waals surface area contributed by atoms with Crippen molar-refractivity contribution in [3.8, 4) is 0 Å². The molecule has 1 aliphatic carbocycles. The third-order valence-electron chi connectivity index (χ3n) is 5.17. The molecule has 0 spiro atoms. The van der Waals surface area contributed by atoms with Crippen LogP contribution in [0, 0.1) is 0 Å². The highest BCUT2D eigenvalue weighted by Gasteiger charge is 2.26. The van der Waals surface area contributed by atoms with Crippen molar-refractivity contribution in [1.29, 1.82) is 0 Å². The van der Waals surface area contributed by atoms with Crippen LogP contribution in [-0.2, 0) is 16.0 Å². The van der Waals surface area contributed by atoms with Crippen molar-refractivity contribution >= 4 is 5.91 Å². The van der Waals surface area contributed by atoms with Gasteiger partial charge in [-0.2, -0.15) is 0 Å². The Morgan fingerprint density at radius 3 is 2.91 bits per heavy atom. The largest absolute Gasteiger partial charge is 0.379 e. The summed E-state index contributed by atoms with van der Waals surface area (Å²) < 4.78 is 5.36. The van der Waals surface area contributed by atoms with Gasteiger partial charge in [0.1, 0.15) is 0 Å². The zero-order valence-electron chi connectivity index (χ0n) is 14.2. The molecule has 4 heteroatoms. The van der Waals surface area contributed by atoms with Crippen molar-refractivity contribution in [2.75, 3.05) is 39.9 Å². The summed E-state index contributed by atoms with van der Waals surface area (Å²) in [6.07, 6.45) is 4.99. The molecule has 126 valence electrons. The van der Waals surface area contributed by atoms with Crippen molar-refractivity contribution in [2.24, 2.45) is 0 Å². The lowest BCUT2D eigenvalue weighted by atomic mass is 9.87. The third kappa shape index (κ3) is 4.12. The van der Waals surface area contributed by atoms with Gasteiger partial charge in [0, 0.05) is 26.6 Å². The lowest BCUT2D eigenvalue weighted by Crippen LogP contribution is -2.38. The number of ether oxygens (including phenoxy) is 1. The molecule has 0 saturated carbocycles. The molecule has 3 rings (SSSR count). The predicted octanol–water partition coefficient (Wildman–Crippen LogP) is 2.63. The molecule has 1 amide bonds. The van der Waals surface area contributed by atoms with Crippen molar-refractivity contribution in [3.05, 3.63) is 35.4 Å². The van der Waals surface area contributed by atoms with Crippen LogP contribution in [0.2, 0.25) is 0 Å². The fourth-order valence-corrected chi connectivity index (χ4v) is 3.76. The Morgan fingerprint density at radius 1 is 1.30 bits per heavy atom. The second-order valence-electron chi connectivity index (χ2n) is 6.67. The van der Waals surface area contributed by atoms with Crippen LogP contribution in [0.15, 0.2) is 24.3 Å². The van der Waals surface area contributed by atoms with Crippen molar-refractivity contribution in [2.45, 2.75) is 38.1 Å². The molecule has 1 aromatic carbocycles. The minimum absolute atomic E-state index is 0.260. The van der Waals surface area contributed by atoms with Gasteiger partial charge in [-0.15, -0.1) is 0 Å². The van der Waals surface area contributed by atoms with Gasteiger partial charge in [-0.1, -0.05) is 24.3 Å². The average molecular weight is 316 g/mol. The van der Waals surface area contributed by atoms with Crippen LogP contribution < -0.4 is 0 Å². The molecule has 1 aromatic rings. The van der Waals surface area contributed by atoms with E-state index in [-0.39, 0.29) is 11.9 Å². The summed E-state index contributed by atoms with van der Waals surface area (Å²) in [5, 5.41) is 0. The summed E-state index contributed by atoms with van der Waals surface area (Å²) in [5.41, 5.74) is 2.76. The number of amides is 1. The topological polar surface area (TPSA) is 32.8 Å². The smallest absolute Gasteiger partial charge is 0.222 e. The lowest BCUT2D eigenvalue weighted by Gasteiger charge is -2.33. The Bertz CT molecular complexity index is 526. The zero-order chi connectivity index (χ0) is 16.1. The average Bonchev–Trinajstić information content (AvgIpc) is 2.61. The molecule has 0 aromatic heterocycles. The molecule has 0 radical (unpaired) electrons. The van der Waals surface area contributed by atoms with Crippen molar-refractivity contribution in [3.63, 3.8) is 0 Å². The van der Waals surface area contributed by atoms with Crippen LogP contribution in [0.4, 0.5) is 0 Å².